The zero-order valence-electron chi connectivity index (χ0n) is 19.0. The molecule has 1 aliphatic heterocycles. The number of nitrogens with zero attached hydrogens (tertiary/aromatic N) is 3. The molecule has 2 N–H and O–H groups in total. The van der Waals surface area contributed by atoms with Crippen LogP contribution in [0.25, 0.3) is 11.4 Å². The second kappa shape index (κ2) is 10.1. The van der Waals surface area contributed by atoms with E-state index in [-0.39, 0.29) is 40.7 Å². The van der Waals surface area contributed by atoms with E-state index in [0.717, 1.165) is 17.0 Å². The number of amides is 1. The number of esters is 1. The second-order valence-corrected chi connectivity index (χ2v) is 9.56. The monoisotopic (exact) mass is 505 g/mol. The average molecular weight is 506 g/mol. The van der Waals surface area contributed by atoms with Crippen LogP contribution < -0.4 is 10.2 Å². The zero-order chi connectivity index (χ0) is 24.4. The van der Waals surface area contributed by atoms with Crippen LogP contribution in [0.1, 0.15) is 46.1 Å². The number of pyridine rings is 1. The summed E-state index contributed by atoms with van der Waals surface area (Å²) in [4.78, 5) is 39.1. The Morgan fingerprint density at radius 2 is 2.21 bits per heavy atom. The van der Waals surface area contributed by atoms with Crippen LogP contribution in [0.2, 0.25) is 5.02 Å². The molecule has 8 nitrogen and oxygen atoms in total. The molecule has 34 heavy (non-hydrogen) atoms. The number of aromatic amines is 1. The van der Waals surface area contributed by atoms with E-state index in [9.17, 15) is 14.0 Å². The van der Waals surface area contributed by atoms with Gasteiger partial charge in [-0.15, -0.1) is 0 Å². The van der Waals surface area contributed by atoms with E-state index in [4.69, 9.17) is 16.3 Å². The van der Waals surface area contributed by atoms with Crippen molar-refractivity contribution in [2.24, 2.45) is 5.92 Å². The number of thiazole rings is 1. The van der Waals surface area contributed by atoms with Crippen molar-refractivity contribution < 1.29 is 18.7 Å². The van der Waals surface area contributed by atoms with E-state index >= 15 is 0 Å². The fraction of sp³-hybridized carbons (Fsp3) is 0.391. The Bertz CT molecular complexity index is 1190. The number of piperidine rings is 1. The predicted octanol–water partition coefficient (Wildman–Crippen LogP) is 4.46. The van der Waals surface area contributed by atoms with E-state index in [2.05, 4.69) is 20.3 Å². The molecule has 3 aromatic rings. The molecule has 1 saturated heterocycles. The van der Waals surface area contributed by atoms with Crippen molar-refractivity contribution in [1.29, 1.82) is 0 Å². The molecular formula is C23H25ClFN5O3S. The fourth-order valence-corrected chi connectivity index (χ4v) is 5.09. The van der Waals surface area contributed by atoms with Gasteiger partial charge in [0.25, 0.3) is 5.91 Å². The zero-order valence-corrected chi connectivity index (χ0v) is 20.6. The maximum atomic E-state index is 14.4. The van der Waals surface area contributed by atoms with Gasteiger partial charge in [-0.25, -0.2) is 14.2 Å². The molecule has 11 heteroatoms. The molecule has 0 aromatic carbocycles. The second-order valence-electron chi connectivity index (χ2n) is 8.18. The quantitative estimate of drug-likeness (QED) is 0.480. The van der Waals surface area contributed by atoms with Gasteiger partial charge in [0.05, 0.1) is 11.6 Å². The first-order valence-corrected chi connectivity index (χ1v) is 12.2. The van der Waals surface area contributed by atoms with Gasteiger partial charge in [-0.2, -0.15) is 0 Å². The summed E-state index contributed by atoms with van der Waals surface area (Å²) in [6, 6.07) is 4.35. The number of ether oxygens (including phenoxy) is 1. The van der Waals surface area contributed by atoms with Gasteiger partial charge in [-0.05, 0) is 44.4 Å². The molecule has 4 rings (SSSR count). The minimum atomic E-state index is -0.556. The number of nitrogens with one attached hydrogen (secondary N) is 2. The lowest BCUT2D eigenvalue weighted by molar-refractivity contribution is 0.0532. The molecule has 0 unspecified atom stereocenters. The molecule has 0 spiro atoms. The number of hydrogen-bond donors (Lipinski definition) is 2. The van der Waals surface area contributed by atoms with Gasteiger partial charge in [0.15, 0.2) is 10.9 Å². The van der Waals surface area contributed by atoms with E-state index < -0.39 is 11.8 Å². The number of aromatic nitrogens is 3. The molecule has 0 radical (unpaired) electrons. The van der Waals surface area contributed by atoms with Crippen LogP contribution in [0.15, 0.2) is 24.4 Å². The van der Waals surface area contributed by atoms with Crippen molar-refractivity contribution in [3.05, 3.63) is 51.5 Å². The Hall–Kier alpha value is -2.98. The summed E-state index contributed by atoms with van der Waals surface area (Å²) >= 11 is 7.22. The highest BCUT2D eigenvalue weighted by molar-refractivity contribution is 7.17. The number of H-pyrrole nitrogens is 1. The van der Waals surface area contributed by atoms with Crippen molar-refractivity contribution in [3.63, 3.8) is 0 Å². The van der Waals surface area contributed by atoms with E-state index in [1.165, 1.54) is 18.3 Å². The third kappa shape index (κ3) is 4.92. The molecule has 3 aromatic heterocycles. The summed E-state index contributed by atoms with van der Waals surface area (Å²) in [6.45, 7) is 6.98. The summed E-state index contributed by atoms with van der Waals surface area (Å²) in [5, 5.41) is 4.19. The number of hydrogen-bond acceptors (Lipinski definition) is 7. The molecule has 1 fully saturated rings. The minimum absolute atomic E-state index is 0.0168. The van der Waals surface area contributed by atoms with Crippen LogP contribution in [0.4, 0.5) is 9.52 Å². The highest BCUT2D eigenvalue weighted by Crippen LogP contribution is 2.35. The molecule has 180 valence electrons. The normalized spacial score (nSPS) is 18.1. The lowest BCUT2D eigenvalue weighted by Gasteiger charge is -2.37. The lowest BCUT2D eigenvalue weighted by Crippen LogP contribution is -2.50. The summed E-state index contributed by atoms with van der Waals surface area (Å²) in [5.74, 6) is -1.21. The van der Waals surface area contributed by atoms with Crippen LogP contribution in [-0.2, 0) is 4.74 Å². The number of rotatable bonds is 6. The van der Waals surface area contributed by atoms with Crippen LogP contribution >= 0.6 is 22.9 Å². The highest BCUT2D eigenvalue weighted by Gasteiger charge is 2.32. The third-order valence-corrected chi connectivity index (χ3v) is 7.24. The average Bonchev–Trinajstić information content (AvgIpc) is 3.39. The summed E-state index contributed by atoms with van der Waals surface area (Å²) in [5.41, 5.74) is 1.37. The van der Waals surface area contributed by atoms with Crippen LogP contribution in [0.3, 0.4) is 0 Å². The molecule has 2 atom stereocenters. The Kier molecular flexibility index (Phi) is 7.18. The smallest absolute Gasteiger partial charge is 0.350 e. The van der Waals surface area contributed by atoms with Gasteiger partial charge < -0.3 is 19.9 Å². The van der Waals surface area contributed by atoms with Crippen LogP contribution in [0, 0.1) is 18.7 Å². The Morgan fingerprint density at radius 1 is 1.41 bits per heavy atom. The van der Waals surface area contributed by atoms with Crippen LogP contribution in [-0.4, -0.2) is 52.6 Å². The first kappa shape index (κ1) is 24.2. The Balaban J connectivity index is 1.52. The van der Waals surface area contributed by atoms with E-state index in [1.54, 1.807) is 13.0 Å². The van der Waals surface area contributed by atoms with Gasteiger partial charge in [0, 0.05) is 31.0 Å². The number of carbonyl (C=O) groups is 2. The predicted molar refractivity (Wildman–Crippen MR) is 129 cm³/mol. The van der Waals surface area contributed by atoms with E-state index in [1.807, 2.05) is 18.7 Å². The van der Waals surface area contributed by atoms with Gasteiger partial charge in [-0.3, -0.25) is 9.78 Å². The standard InChI is InChI=1S/C23H25ClFN5O3S/c1-4-33-22(32)20-19(18-15(25)6-5-8-26-18)29-23(34-20)30-9-7-16(12(2)11-30)28-21(31)17-10-14(24)13(3)27-17/h5-6,8,10,12,16,27H,4,7,9,11H2,1-3H3,(H,28,31)/t12-,16+/m0/s1. The fourth-order valence-electron chi connectivity index (χ4n) is 3.93. The summed E-state index contributed by atoms with van der Waals surface area (Å²) in [6.07, 6.45) is 2.14. The first-order valence-electron chi connectivity index (χ1n) is 11.0. The van der Waals surface area contributed by atoms with Crippen molar-refractivity contribution in [2.75, 3.05) is 24.6 Å². The first-order chi connectivity index (χ1) is 16.3. The molecular weight excluding hydrogens is 481 g/mol. The summed E-state index contributed by atoms with van der Waals surface area (Å²) in [7, 11) is 0. The van der Waals surface area contributed by atoms with Crippen molar-refractivity contribution in [3.8, 4) is 11.4 Å². The lowest BCUT2D eigenvalue weighted by atomic mass is 9.94. The minimum Gasteiger partial charge on any atom is -0.462 e. The maximum Gasteiger partial charge on any atom is 0.350 e. The number of anilines is 1. The molecule has 1 aliphatic rings. The SMILES string of the molecule is CCOC(=O)c1sc(N2CC[C@@H](NC(=O)c3cc(Cl)c(C)[nH]3)[C@@H](C)C2)nc1-c1ncccc1F. The number of halogens is 2. The van der Waals surface area contributed by atoms with Gasteiger partial charge in [0.2, 0.25) is 0 Å². The molecule has 0 bridgehead atoms. The van der Waals surface area contributed by atoms with Crippen molar-refractivity contribution in [1.82, 2.24) is 20.3 Å². The van der Waals surface area contributed by atoms with Crippen LogP contribution in [0.5, 0.6) is 0 Å². The number of carbonyl (C=O) groups excluding carboxylic acids is 2. The molecule has 4 heterocycles. The maximum absolute atomic E-state index is 14.4. The largest absolute Gasteiger partial charge is 0.462 e. The molecule has 0 saturated carbocycles. The van der Waals surface area contributed by atoms with Gasteiger partial charge >= 0.3 is 5.97 Å². The van der Waals surface area contributed by atoms with E-state index in [0.29, 0.717) is 35.4 Å². The summed E-state index contributed by atoms with van der Waals surface area (Å²) < 4.78 is 19.6. The van der Waals surface area contributed by atoms with Crippen molar-refractivity contribution in [2.45, 2.75) is 33.2 Å². The van der Waals surface area contributed by atoms with Gasteiger partial charge in [0.1, 0.15) is 22.0 Å². The highest BCUT2D eigenvalue weighted by atomic mass is 35.5. The van der Waals surface area contributed by atoms with Gasteiger partial charge in [-0.1, -0.05) is 29.9 Å². The van der Waals surface area contributed by atoms with Crippen molar-refractivity contribution >= 4 is 39.9 Å². The molecule has 1 amide bonds. The molecule has 0 aliphatic carbocycles. The number of aryl methyl sites for hydroxylation is 1. The Labute approximate surface area is 205 Å². The third-order valence-electron chi connectivity index (χ3n) is 5.75. The topological polar surface area (TPSA) is 100 Å². The Morgan fingerprint density at radius 3 is 2.85 bits per heavy atom.